The molecule has 0 spiro atoms. The molecule has 21 heavy (non-hydrogen) atoms. The first-order valence-corrected chi connectivity index (χ1v) is 9.29. The Hall–Kier alpha value is -0.660. The van der Waals surface area contributed by atoms with Gasteiger partial charge in [0.05, 0.1) is 10.1 Å². The molecule has 0 radical (unpaired) electrons. The van der Waals surface area contributed by atoms with Crippen molar-refractivity contribution in [3.8, 4) is 0 Å². The zero-order chi connectivity index (χ0) is 15.2. The molecule has 0 saturated heterocycles. The van der Waals surface area contributed by atoms with E-state index in [1.807, 2.05) is 0 Å². The van der Waals surface area contributed by atoms with Gasteiger partial charge >= 0.3 is 5.97 Å². The molecule has 4 fully saturated rings. The molecule has 0 amide bonds. The lowest BCUT2D eigenvalue weighted by Crippen LogP contribution is -2.51. The van der Waals surface area contributed by atoms with Gasteiger partial charge in [0.15, 0.2) is 0 Å². The second kappa shape index (κ2) is 5.52. The number of hydrogen-bond donors (Lipinski definition) is 1. The van der Waals surface area contributed by atoms with E-state index in [-0.39, 0.29) is 12.5 Å². The van der Waals surface area contributed by atoms with Crippen LogP contribution in [-0.4, -0.2) is 36.8 Å². The highest BCUT2D eigenvalue weighted by atomic mass is 32.2. The van der Waals surface area contributed by atoms with Crippen molar-refractivity contribution in [3.05, 3.63) is 0 Å². The highest BCUT2D eigenvalue weighted by Gasteiger charge is 2.50. The molecule has 4 bridgehead atoms. The third-order valence-corrected chi connectivity index (χ3v) is 6.11. The maximum atomic E-state index is 12.0. The first-order chi connectivity index (χ1) is 9.82. The standard InChI is InChI=1S/C14H23NO5S/c15-12(1-2-21(17,18)19)14(16)20-13-10-4-8-3-9(6-10)7-11(13)5-8/h8-13H,1-7,15H2,(H,17,18,19)/p-1. The minimum atomic E-state index is -4.34. The zero-order valence-corrected chi connectivity index (χ0v) is 12.8. The van der Waals surface area contributed by atoms with Crippen LogP contribution in [0.3, 0.4) is 0 Å². The Morgan fingerprint density at radius 3 is 2.14 bits per heavy atom. The summed E-state index contributed by atoms with van der Waals surface area (Å²) < 4.78 is 37.4. The van der Waals surface area contributed by atoms with Crippen molar-refractivity contribution < 1.29 is 22.5 Å². The lowest BCUT2D eigenvalue weighted by atomic mass is 9.55. The molecule has 120 valence electrons. The van der Waals surface area contributed by atoms with Crippen LogP contribution < -0.4 is 5.73 Å². The molecule has 0 aliphatic heterocycles. The first-order valence-electron chi connectivity index (χ1n) is 7.71. The molecule has 0 heterocycles. The lowest BCUT2D eigenvalue weighted by molar-refractivity contribution is -0.172. The van der Waals surface area contributed by atoms with Crippen LogP contribution in [0.1, 0.15) is 38.5 Å². The fraction of sp³-hybridized carbons (Fsp3) is 0.929. The Kier molecular flexibility index (Phi) is 4.00. The molecule has 2 N–H and O–H groups in total. The summed E-state index contributed by atoms with van der Waals surface area (Å²) in [5.74, 6) is 1.30. The molecule has 0 aromatic heterocycles. The monoisotopic (exact) mass is 316 g/mol. The van der Waals surface area contributed by atoms with Gasteiger partial charge in [-0.25, -0.2) is 8.42 Å². The Morgan fingerprint density at radius 1 is 1.14 bits per heavy atom. The van der Waals surface area contributed by atoms with E-state index >= 15 is 0 Å². The summed E-state index contributed by atoms with van der Waals surface area (Å²) in [6, 6.07) is -1.02. The molecule has 1 unspecified atom stereocenters. The fourth-order valence-corrected chi connectivity index (χ4v) is 5.22. The van der Waals surface area contributed by atoms with Gasteiger partial charge in [-0.2, -0.15) is 0 Å². The lowest BCUT2D eigenvalue weighted by Gasteiger charge is -2.53. The molecule has 4 rings (SSSR count). The van der Waals surface area contributed by atoms with E-state index in [0.29, 0.717) is 11.8 Å². The van der Waals surface area contributed by atoms with Gasteiger partial charge < -0.3 is 15.0 Å². The summed E-state index contributed by atoms with van der Waals surface area (Å²) in [5, 5.41) is 0. The molecule has 7 heteroatoms. The molecule has 6 nitrogen and oxygen atoms in total. The van der Waals surface area contributed by atoms with E-state index in [9.17, 15) is 17.8 Å². The van der Waals surface area contributed by atoms with Crippen molar-refractivity contribution in [3.63, 3.8) is 0 Å². The smallest absolute Gasteiger partial charge is 0.323 e. The summed E-state index contributed by atoms with van der Waals surface area (Å²) in [5.41, 5.74) is 5.65. The molecular weight excluding hydrogens is 294 g/mol. The van der Waals surface area contributed by atoms with E-state index in [0.717, 1.165) is 37.5 Å². The minimum Gasteiger partial charge on any atom is -0.748 e. The van der Waals surface area contributed by atoms with Crippen molar-refractivity contribution >= 4 is 16.1 Å². The number of carbonyl (C=O) groups is 1. The van der Waals surface area contributed by atoms with Crippen LogP contribution in [0.15, 0.2) is 0 Å². The molecule has 0 aromatic carbocycles. The van der Waals surface area contributed by atoms with E-state index in [1.54, 1.807) is 0 Å². The minimum absolute atomic E-state index is 0.0554. The molecule has 4 saturated carbocycles. The summed E-state index contributed by atoms with van der Waals surface area (Å²) in [4.78, 5) is 12.0. The van der Waals surface area contributed by atoms with Crippen LogP contribution >= 0.6 is 0 Å². The van der Waals surface area contributed by atoms with Crippen LogP contribution in [0.2, 0.25) is 0 Å². The largest absolute Gasteiger partial charge is 0.748 e. The quantitative estimate of drug-likeness (QED) is 0.588. The van der Waals surface area contributed by atoms with Gasteiger partial charge in [-0.15, -0.1) is 0 Å². The highest BCUT2D eigenvalue weighted by Crippen LogP contribution is 2.54. The van der Waals surface area contributed by atoms with Crippen molar-refractivity contribution in [2.75, 3.05) is 5.75 Å². The predicted molar refractivity (Wildman–Crippen MR) is 74.1 cm³/mol. The summed E-state index contributed by atoms with van der Waals surface area (Å²) in [6.07, 6.45) is 5.64. The van der Waals surface area contributed by atoms with Crippen molar-refractivity contribution in [2.24, 2.45) is 29.4 Å². The van der Waals surface area contributed by atoms with Crippen LogP contribution in [0.4, 0.5) is 0 Å². The maximum absolute atomic E-state index is 12.0. The van der Waals surface area contributed by atoms with E-state index in [4.69, 9.17) is 10.5 Å². The Labute approximate surface area is 125 Å². The second-order valence-corrected chi connectivity index (χ2v) is 8.51. The summed E-state index contributed by atoms with van der Waals surface area (Å²) in [7, 11) is -4.34. The van der Waals surface area contributed by atoms with Crippen LogP contribution in [0.5, 0.6) is 0 Å². The Balaban J connectivity index is 1.55. The van der Waals surface area contributed by atoms with Gasteiger partial charge in [-0.05, 0) is 62.2 Å². The number of esters is 1. The predicted octanol–water partition coefficient (Wildman–Crippen LogP) is 0.617. The number of ether oxygens (including phenoxy) is 1. The van der Waals surface area contributed by atoms with Gasteiger partial charge in [0.25, 0.3) is 0 Å². The van der Waals surface area contributed by atoms with Gasteiger partial charge in [0.2, 0.25) is 0 Å². The van der Waals surface area contributed by atoms with E-state index in [1.165, 1.54) is 6.42 Å². The first kappa shape index (κ1) is 15.2. The number of carbonyl (C=O) groups excluding carboxylic acids is 1. The third kappa shape index (κ3) is 3.40. The molecule has 4 aliphatic rings. The Bertz CT molecular complexity index is 489. The summed E-state index contributed by atoms with van der Waals surface area (Å²) in [6.45, 7) is 0. The zero-order valence-electron chi connectivity index (χ0n) is 11.9. The van der Waals surface area contributed by atoms with Crippen molar-refractivity contribution in [1.82, 2.24) is 0 Å². The third-order valence-electron chi connectivity index (χ3n) is 5.37. The average Bonchev–Trinajstić information content (AvgIpc) is 2.38. The van der Waals surface area contributed by atoms with E-state index in [2.05, 4.69) is 0 Å². The average molecular weight is 316 g/mol. The molecule has 4 aliphatic carbocycles. The Morgan fingerprint density at radius 2 is 1.67 bits per heavy atom. The van der Waals surface area contributed by atoms with E-state index < -0.39 is 27.9 Å². The van der Waals surface area contributed by atoms with Crippen molar-refractivity contribution in [2.45, 2.75) is 50.7 Å². The van der Waals surface area contributed by atoms with Gasteiger partial charge in [0, 0.05) is 5.75 Å². The number of nitrogens with two attached hydrogens (primary N) is 1. The van der Waals surface area contributed by atoms with Gasteiger partial charge in [-0.1, -0.05) is 0 Å². The van der Waals surface area contributed by atoms with Gasteiger partial charge in [-0.3, -0.25) is 4.79 Å². The summed E-state index contributed by atoms with van der Waals surface area (Å²) >= 11 is 0. The SMILES string of the molecule is NC(CCS(=O)(=O)[O-])C(=O)OC1C2CC3CC(C2)CC1C3. The highest BCUT2D eigenvalue weighted by molar-refractivity contribution is 7.85. The molecule has 0 aromatic rings. The number of hydrogen-bond acceptors (Lipinski definition) is 6. The second-order valence-electron chi connectivity index (χ2n) is 6.99. The molecule has 1 atom stereocenters. The normalized spacial score (nSPS) is 39.2. The van der Waals surface area contributed by atoms with Crippen LogP contribution in [0.25, 0.3) is 0 Å². The van der Waals surface area contributed by atoms with Crippen LogP contribution in [0, 0.1) is 23.7 Å². The number of rotatable bonds is 5. The fourth-order valence-electron chi connectivity index (χ4n) is 4.68. The maximum Gasteiger partial charge on any atom is 0.323 e. The van der Waals surface area contributed by atoms with Crippen molar-refractivity contribution in [1.29, 1.82) is 0 Å². The van der Waals surface area contributed by atoms with Crippen LogP contribution in [-0.2, 0) is 19.6 Å². The van der Waals surface area contributed by atoms with Gasteiger partial charge in [0.1, 0.15) is 12.1 Å². The molecular formula is C14H22NO5S-. The topological polar surface area (TPSA) is 110 Å².